The predicted molar refractivity (Wildman–Crippen MR) is 81.6 cm³/mol. The number of benzene rings is 1. The standard InChI is InChI=1S/C14H20ClN3O2/c1-16-10-6-8-11(9-7-10)17(2)13-5-3-4-12(15)14(13)18(19)20/h3-5,10-11,16H,6-9H2,1-2H3. The first-order valence-electron chi connectivity index (χ1n) is 6.87. The molecule has 0 heterocycles. The minimum absolute atomic E-state index is 0.00686. The van der Waals surface area contributed by atoms with E-state index >= 15 is 0 Å². The zero-order valence-corrected chi connectivity index (χ0v) is 12.6. The van der Waals surface area contributed by atoms with E-state index in [1.807, 2.05) is 19.0 Å². The van der Waals surface area contributed by atoms with Gasteiger partial charge in [-0.15, -0.1) is 0 Å². The topological polar surface area (TPSA) is 58.4 Å². The number of anilines is 1. The summed E-state index contributed by atoms with van der Waals surface area (Å²) in [6.45, 7) is 0. The number of rotatable bonds is 4. The lowest BCUT2D eigenvalue weighted by Gasteiger charge is -2.35. The van der Waals surface area contributed by atoms with Gasteiger partial charge in [0, 0.05) is 19.1 Å². The first-order chi connectivity index (χ1) is 9.54. The summed E-state index contributed by atoms with van der Waals surface area (Å²) in [6, 6.07) is 5.99. The number of para-hydroxylation sites is 1. The Labute approximate surface area is 124 Å². The fourth-order valence-corrected chi connectivity index (χ4v) is 3.16. The van der Waals surface area contributed by atoms with Crippen molar-refractivity contribution in [3.63, 3.8) is 0 Å². The smallest absolute Gasteiger partial charge is 0.310 e. The van der Waals surface area contributed by atoms with E-state index in [1.54, 1.807) is 18.2 Å². The number of halogens is 1. The van der Waals surface area contributed by atoms with Crippen LogP contribution in [0.4, 0.5) is 11.4 Å². The van der Waals surface area contributed by atoms with E-state index in [1.165, 1.54) is 0 Å². The minimum atomic E-state index is -0.395. The molecule has 110 valence electrons. The largest absolute Gasteiger partial charge is 0.366 e. The van der Waals surface area contributed by atoms with E-state index in [0.717, 1.165) is 25.7 Å². The molecule has 1 aromatic carbocycles. The molecule has 0 saturated heterocycles. The second-order valence-electron chi connectivity index (χ2n) is 5.27. The number of hydrogen-bond donors (Lipinski definition) is 1. The zero-order chi connectivity index (χ0) is 14.7. The molecule has 0 atom stereocenters. The molecule has 1 fully saturated rings. The van der Waals surface area contributed by atoms with Crippen LogP contribution in [-0.4, -0.2) is 31.1 Å². The summed E-state index contributed by atoms with van der Waals surface area (Å²) in [4.78, 5) is 12.8. The van der Waals surface area contributed by atoms with Crippen molar-refractivity contribution in [3.05, 3.63) is 33.3 Å². The van der Waals surface area contributed by atoms with E-state index in [4.69, 9.17) is 11.6 Å². The van der Waals surface area contributed by atoms with Crippen LogP contribution in [0.1, 0.15) is 25.7 Å². The van der Waals surface area contributed by atoms with Crippen molar-refractivity contribution in [3.8, 4) is 0 Å². The molecule has 1 aliphatic rings. The third kappa shape index (κ3) is 3.04. The maximum atomic E-state index is 11.2. The van der Waals surface area contributed by atoms with Gasteiger partial charge >= 0.3 is 5.69 Å². The second-order valence-corrected chi connectivity index (χ2v) is 5.68. The van der Waals surface area contributed by atoms with Gasteiger partial charge in [-0.2, -0.15) is 0 Å². The summed E-state index contributed by atoms with van der Waals surface area (Å²) in [5.74, 6) is 0. The summed E-state index contributed by atoms with van der Waals surface area (Å²) in [7, 11) is 3.90. The Hall–Kier alpha value is -1.33. The first-order valence-corrected chi connectivity index (χ1v) is 7.25. The van der Waals surface area contributed by atoms with Crippen molar-refractivity contribution in [1.29, 1.82) is 0 Å². The second kappa shape index (κ2) is 6.41. The third-order valence-corrected chi connectivity index (χ3v) is 4.49. The van der Waals surface area contributed by atoms with Crippen LogP contribution in [-0.2, 0) is 0 Å². The van der Waals surface area contributed by atoms with Gasteiger partial charge in [0.1, 0.15) is 10.7 Å². The van der Waals surface area contributed by atoms with Crippen molar-refractivity contribution >= 4 is 23.0 Å². The molecule has 0 spiro atoms. The van der Waals surface area contributed by atoms with Crippen molar-refractivity contribution in [2.45, 2.75) is 37.8 Å². The molecule has 20 heavy (non-hydrogen) atoms. The normalized spacial score (nSPS) is 22.6. The number of nitro benzene ring substituents is 1. The molecule has 1 saturated carbocycles. The molecule has 0 amide bonds. The molecule has 0 aliphatic heterocycles. The van der Waals surface area contributed by atoms with Gasteiger partial charge in [0.25, 0.3) is 0 Å². The Morgan fingerprint density at radius 1 is 1.35 bits per heavy atom. The highest BCUT2D eigenvalue weighted by molar-refractivity contribution is 6.33. The van der Waals surface area contributed by atoms with Gasteiger partial charge in [-0.05, 0) is 44.9 Å². The Bertz CT molecular complexity index is 487. The Kier molecular flexibility index (Phi) is 4.83. The Balaban J connectivity index is 2.20. The van der Waals surface area contributed by atoms with E-state index in [0.29, 0.717) is 17.8 Å². The van der Waals surface area contributed by atoms with Crippen LogP contribution in [0.5, 0.6) is 0 Å². The molecule has 0 aromatic heterocycles. The molecular formula is C14H20ClN3O2. The lowest BCUT2D eigenvalue weighted by Crippen LogP contribution is -2.40. The Morgan fingerprint density at radius 3 is 2.55 bits per heavy atom. The summed E-state index contributed by atoms with van der Waals surface area (Å²) >= 11 is 5.97. The molecule has 2 rings (SSSR count). The molecule has 0 bridgehead atoms. The zero-order valence-electron chi connectivity index (χ0n) is 11.8. The predicted octanol–water partition coefficient (Wildman–Crippen LogP) is 3.22. The van der Waals surface area contributed by atoms with Crippen molar-refractivity contribution in [2.24, 2.45) is 0 Å². The molecule has 6 heteroatoms. The minimum Gasteiger partial charge on any atom is -0.366 e. The average molecular weight is 298 g/mol. The number of nitrogens with one attached hydrogen (secondary N) is 1. The maximum Gasteiger partial charge on any atom is 0.310 e. The first kappa shape index (κ1) is 15.1. The van der Waals surface area contributed by atoms with Gasteiger partial charge in [0.05, 0.1) is 4.92 Å². The molecule has 1 N–H and O–H groups in total. The molecule has 1 aromatic rings. The average Bonchev–Trinajstić information content (AvgIpc) is 2.46. The summed E-state index contributed by atoms with van der Waals surface area (Å²) < 4.78 is 0. The van der Waals surface area contributed by atoms with E-state index in [-0.39, 0.29) is 10.7 Å². The van der Waals surface area contributed by atoms with Crippen molar-refractivity contribution in [2.75, 3.05) is 19.0 Å². The third-order valence-electron chi connectivity index (χ3n) is 4.18. The maximum absolute atomic E-state index is 11.2. The molecule has 0 radical (unpaired) electrons. The highest BCUT2D eigenvalue weighted by Gasteiger charge is 2.28. The summed E-state index contributed by atoms with van der Waals surface area (Å²) in [6.07, 6.45) is 4.26. The Morgan fingerprint density at radius 2 is 2.00 bits per heavy atom. The highest BCUT2D eigenvalue weighted by Crippen LogP contribution is 2.37. The van der Waals surface area contributed by atoms with E-state index in [9.17, 15) is 10.1 Å². The highest BCUT2D eigenvalue weighted by atomic mass is 35.5. The van der Waals surface area contributed by atoms with Crippen LogP contribution in [0, 0.1) is 10.1 Å². The molecule has 5 nitrogen and oxygen atoms in total. The van der Waals surface area contributed by atoms with Gasteiger partial charge in [-0.25, -0.2) is 0 Å². The number of nitrogens with zero attached hydrogens (tertiary/aromatic N) is 2. The van der Waals surface area contributed by atoms with Crippen LogP contribution < -0.4 is 10.2 Å². The van der Waals surface area contributed by atoms with Crippen LogP contribution >= 0.6 is 11.6 Å². The van der Waals surface area contributed by atoms with E-state index < -0.39 is 4.92 Å². The van der Waals surface area contributed by atoms with E-state index in [2.05, 4.69) is 5.32 Å². The van der Waals surface area contributed by atoms with Gasteiger partial charge in [-0.3, -0.25) is 10.1 Å². The molecule has 0 unspecified atom stereocenters. The van der Waals surface area contributed by atoms with Crippen molar-refractivity contribution in [1.82, 2.24) is 5.32 Å². The van der Waals surface area contributed by atoms with Gasteiger partial charge in [-0.1, -0.05) is 17.7 Å². The van der Waals surface area contributed by atoms with Gasteiger partial charge in [0.2, 0.25) is 0 Å². The van der Waals surface area contributed by atoms with Gasteiger partial charge < -0.3 is 10.2 Å². The summed E-state index contributed by atoms with van der Waals surface area (Å²) in [5.41, 5.74) is 0.614. The molecule has 1 aliphatic carbocycles. The summed E-state index contributed by atoms with van der Waals surface area (Å²) in [5, 5.41) is 14.7. The fourth-order valence-electron chi connectivity index (χ4n) is 2.92. The number of nitro groups is 1. The number of hydrogen-bond acceptors (Lipinski definition) is 4. The molecular weight excluding hydrogens is 278 g/mol. The lowest BCUT2D eigenvalue weighted by molar-refractivity contribution is -0.384. The monoisotopic (exact) mass is 297 g/mol. The van der Waals surface area contributed by atoms with Crippen LogP contribution in [0.2, 0.25) is 5.02 Å². The fraction of sp³-hybridized carbons (Fsp3) is 0.571. The van der Waals surface area contributed by atoms with Crippen molar-refractivity contribution < 1.29 is 4.92 Å². The lowest BCUT2D eigenvalue weighted by atomic mass is 9.90. The SMILES string of the molecule is CNC1CCC(N(C)c2cccc(Cl)c2[N+](=O)[O-])CC1. The van der Waals surface area contributed by atoms with Crippen LogP contribution in [0.15, 0.2) is 18.2 Å². The van der Waals surface area contributed by atoms with Crippen LogP contribution in [0.3, 0.4) is 0 Å². The van der Waals surface area contributed by atoms with Gasteiger partial charge in [0.15, 0.2) is 0 Å². The van der Waals surface area contributed by atoms with Crippen LogP contribution in [0.25, 0.3) is 0 Å². The quantitative estimate of drug-likeness (QED) is 0.685.